The minimum absolute atomic E-state index is 0.203. The Hall–Kier alpha value is -2.60. The second kappa shape index (κ2) is 7.56. The highest BCUT2D eigenvalue weighted by Crippen LogP contribution is 2.31. The molecule has 2 heterocycles. The van der Waals surface area contributed by atoms with Gasteiger partial charge in [0.2, 0.25) is 5.91 Å². The molecule has 5 nitrogen and oxygen atoms in total. The van der Waals surface area contributed by atoms with E-state index in [1.54, 1.807) is 18.4 Å². The number of thiazole rings is 1. The van der Waals surface area contributed by atoms with Crippen LogP contribution in [0.3, 0.4) is 0 Å². The number of amides is 1. The quantitative estimate of drug-likeness (QED) is 0.694. The number of nitrogens with zero attached hydrogens (tertiary/aromatic N) is 3. The third kappa shape index (κ3) is 3.90. The topological polar surface area (TPSA) is 45.7 Å². The fourth-order valence-electron chi connectivity index (χ4n) is 3.41. The largest absolute Gasteiger partial charge is 0.497 e. The Morgan fingerprint density at radius 1 is 1.15 bits per heavy atom. The molecule has 0 unspecified atom stereocenters. The summed E-state index contributed by atoms with van der Waals surface area (Å²) in [4.78, 5) is 21.6. The molecular formula is C21H23N3O2S. The Labute approximate surface area is 163 Å². The van der Waals surface area contributed by atoms with E-state index in [0.717, 1.165) is 52.8 Å². The molecule has 4 rings (SSSR count). The van der Waals surface area contributed by atoms with Gasteiger partial charge in [-0.25, -0.2) is 4.98 Å². The first-order valence-corrected chi connectivity index (χ1v) is 9.97. The number of carbonyl (C=O) groups is 1. The Kier molecular flexibility index (Phi) is 4.99. The third-order valence-corrected chi connectivity index (χ3v) is 6.00. The average Bonchev–Trinajstić information content (AvgIpc) is 3.11. The lowest BCUT2D eigenvalue weighted by atomic mass is 10.1. The third-order valence-electron chi connectivity index (χ3n) is 4.93. The van der Waals surface area contributed by atoms with Crippen molar-refractivity contribution in [3.05, 3.63) is 53.6 Å². The number of aryl methyl sites for hydroxylation is 1. The summed E-state index contributed by atoms with van der Waals surface area (Å²) in [6.07, 6.45) is 0.475. The van der Waals surface area contributed by atoms with E-state index in [-0.39, 0.29) is 5.91 Å². The van der Waals surface area contributed by atoms with Crippen LogP contribution in [0.2, 0.25) is 0 Å². The van der Waals surface area contributed by atoms with Crippen LogP contribution in [0.1, 0.15) is 11.1 Å². The van der Waals surface area contributed by atoms with E-state index in [9.17, 15) is 4.79 Å². The fourth-order valence-corrected chi connectivity index (χ4v) is 4.46. The number of aromatic nitrogens is 1. The van der Waals surface area contributed by atoms with Crippen molar-refractivity contribution in [2.75, 3.05) is 38.2 Å². The van der Waals surface area contributed by atoms with E-state index < -0.39 is 0 Å². The number of piperazine rings is 1. The maximum Gasteiger partial charge on any atom is 0.227 e. The monoisotopic (exact) mass is 381 g/mol. The van der Waals surface area contributed by atoms with Crippen molar-refractivity contribution in [1.29, 1.82) is 0 Å². The zero-order valence-corrected chi connectivity index (χ0v) is 16.5. The molecule has 1 aliphatic heterocycles. The average molecular weight is 382 g/mol. The molecular weight excluding hydrogens is 358 g/mol. The molecule has 1 aliphatic rings. The zero-order chi connectivity index (χ0) is 18.8. The molecule has 0 radical (unpaired) electrons. The molecule has 2 aromatic carbocycles. The van der Waals surface area contributed by atoms with Gasteiger partial charge in [0.1, 0.15) is 5.75 Å². The number of methoxy groups -OCH3 is 1. The van der Waals surface area contributed by atoms with Crippen LogP contribution in [0, 0.1) is 6.92 Å². The Morgan fingerprint density at radius 2 is 1.96 bits per heavy atom. The first-order chi connectivity index (χ1) is 13.1. The molecule has 0 bridgehead atoms. The molecule has 140 valence electrons. The van der Waals surface area contributed by atoms with Gasteiger partial charge in [-0.1, -0.05) is 41.2 Å². The van der Waals surface area contributed by atoms with Crippen molar-refractivity contribution in [1.82, 2.24) is 9.88 Å². The summed E-state index contributed by atoms with van der Waals surface area (Å²) in [6.45, 7) is 5.17. The zero-order valence-electron chi connectivity index (χ0n) is 15.6. The highest BCUT2D eigenvalue weighted by Gasteiger charge is 2.23. The number of carbonyl (C=O) groups excluding carboxylic acids is 1. The summed E-state index contributed by atoms with van der Waals surface area (Å²) >= 11 is 1.68. The van der Waals surface area contributed by atoms with Crippen LogP contribution in [0.15, 0.2) is 42.5 Å². The predicted molar refractivity (Wildman–Crippen MR) is 110 cm³/mol. The van der Waals surface area contributed by atoms with Gasteiger partial charge in [-0.2, -0.15) is 0 Å². The Bertz CT molecular complexity index is 961. The van der Waals surface area contributed by atoms with Crippen molar-refractivity contribution >= 4 is 32.6 Å². The summed E-state index contributed by atoms with van der Waals surface area (Å²) in [5.74, 6) is 1.05. The summed E-state index contributed by atoms with van der Waals surface area (Å²) in [5.41, 5.74) is 3.27. The van der Waals surface area contributed by atoms with Crippen LogP contribution in [0.4, 0.5) is 5.13 Å². The van der Waals surface area contributed by atoms with E-state index in [0.29, 0.717) is 6.42 Å². The highest BCUT2D eigenvalue weighted by molar-refractivity contribution is 7.22. The normalized spacial score (nSPS) is 14.6. The smallest absolute Gasteiger partial charge is 0.227 e. The first-order valence-electron chi connectivity index (χ1n) is 9.15. The lowest BCUT2D eigenvalue weighted by molar-refractivity contribution is -0.130. The van der Waals surface area contributed by atoms with E-state index >= 15 is 0 Å². The summed E-state index contributed by atoms with van der Waals surface area (Å²) < 4.78 is 6.42. The lowest BCUT2D eigenvalue weighted by Gasteiger charge is -2.34. The maximum absolute atomic E-state index is 12.6. The number of hydrogen-bond acceptors (Lipinski definition) is 5. The van der Waals surface area contributed by atoms with Crippen LogP contribution < -0.4 is 9.64 Å². The number of benzene rings is 2. The maximum atomic E-state index is 12.6. The molecule has 0 saturated carbocycles. The van der Waals surface area contributed by atoms with Gasteiger partial charge in [-0.3, -0.25) is 4.79 Å². The van der Waals surface area contributed by atoms with Crippen LogP contribution in [0.25, 0.3) is 10.2 Å². The van der Waals surface area contributed by atoms with Crippen molar-refractivity contribution in [3.8, 4) is 5.75 Å². The van der Waals surface area contributed by atoms with Gasteiger partial charge in [0.25, 0.3) is 0 Å². The highest BCUT2D eigenvalue weighted by atomic mass is 32.1. The van der Waals surface area contributed by atoms with Gasteiger partial charge >= 0.3 is 0 Å². The molecule has 0 atom stereocenters. The number of rotatable bonds is 4. The molecule has 1 saturated heterocycles. The van der Waals surface area contributed by atoms with Crippen molar-refractivity contribution in [2.45, 2.75) is 13.3 Å². The van der Waals surface area contributed by atoms with Crippen LogP contribution >= 0.6 is 11.3 Å². The molecule has 27 heavy (non-hydrogen) atoms. The first kappa shape index (κ1) is 17.8. The SMILES string of the molecule is COc1ccc2nc(N3CCN(C(=O)Cc4cccc(C)c4)CC3)sc2c1. The van der Waals surface area contributed by atoms with Gasteiger partial charge < -0.3 is 14.5 Å². The fraction of sp³-hybridized carbons (Fsp3) is 0.333. The number of anilines is 1. The van der Waals surface area contributed by atoms with Gasteiger partial charge in [0.05, 0.1) is 23.7 Å². The Balaban J connectivity index is 1.39. The molecule has 6 heteroatoms. The van der Waals surface area contributed by atoms with Crippen LogP contribution in [-0.4, -0.2) is 49.1 Å². The number of hydrogen-bond donors (Lipinski definition) is 0. The molecule has 1 fully saturated rings. The molecule has 0 aliphatic carbocycles. The van der Waals surface area contributed by atoms with E-state index in [1.165, 1.54) is 5.56 Å². The Morgan fingerprint density at radius 3 is 2.70 bits per heavy atom. The minimum Gasteiger partial charge on any atom is -0.497 e. The van der Waals surface area contributed by atoms with Crippen molar-refractivity contribution in [3.63, 3.8) is 0 Å². The van der Waals surface area contributed by atoms with Gasteiger partial charge in [-0.15, -0.1) is 0 Å². The predicted octanol–water partition coefficient (Wildman–Crippen LogP) is 3.50. The second-order valence-electron chi connectivity index (χ2n) is 6.86. The molecule has 3 aromatic rings. The van der Waals surface area contributed by atoms with Gasteiger partial charge in [0, 0.05) is 26.2 Å². The standard InChI is InChI=1S/C21H23N3O2S/c1-15-4-3-5-16(12-15)13-20(25)23-8-10-24(11-9-23)21-22-18-7-6-17(26-2)14-19(18)27-21/h3-7,12,14H,8-11,13H2,1-2H3. The molecule has 1 amide bonds. The lowest BCUT2D eigenvalue weighted by Crippen LogP contribution is -2.49. The van der Waals surface area contributed by atoms with E-state index in [2.05, 4.69) is 24.0 Å². The van der Waals surface area contributed by atoms with Gasteiger partial charge in [-0.05, 0) is 30.7 Å². The summed E-state index contributed by atoms with van der Waals surface area (Å²) in [7, 11) is 1.68. The van der Waals surface area contributed by atoms with Crippen LogP contribution in [-0.2, 0) is 11.2 Å². The molecule has 1 aromatic heterocycles. The van der Waals surface area contributed by atoms with E-state index in [1.807, 2.05) is 35.2 Å². The van der Waals surface area contributed by atoms with Crippen molar-refractivity contribution in [2.24, 2.45) is 0 Å². The summed E-state index contributed by atoms with van der Waals surface area (Å²) in [5, 5.41) is 1.02. The molecule has 0 spiro atoms. The van der Waals surface area contributed by atoms with E-state index in [4.69, 9.17) is 9.72 Å². The van der Waals surface area contributed by atoms with Crippen LogP contribution in [0.5, 0.6) is 5.75 Å². The second-order valence-corrected chi connectivity index (χ2v) is 7.87. The van der Waals surface area contributed by atoms with Crippen molar-refractivity contribution < 1.29 is 9.53 Å². The minimum atomic E-state index is 0.203. The number of ether oxygens (including phenoxy) is 1. The number of fused-ring (bicyclic) bond motifs is 1. The molecule has 0 N–H and O–H groups in total. The van der Waals surface area contributed by atoms with Gasteiger partial charge in [0.15, 0.2) is 5.13 Å². The summed E-state index contributed by atoms with van der Waals surface area (Å²) in [6, 6.07) is 14.1.